The summed E-state index contributed by atoms with van der Waals surface area (Å²) in [6.45, 7) is 5.84. The third kappa shape index (κ3) is 3.92. The Morgan fingerprint density at radius 2 is 2.05 bits per heavy atom. The van der Waals surface area contributed by atoms with E-state index in [0.29, 0.717) is 16.3 Å². The summed E-state index contributed by atoms with van der Waals surface area (Å²) in [5.74, 6) is 0.627. The van der Waals surface area contributed by atoms with Crippen LogP contribution in [-0.4, -0.2) is 24.0 Å². The number of carbonyl (C=O) groups excluding carboxylic acids is 1. The molecular weight excluding hydrogens is 260 g/mol. The first kappa shape index (κ1) is 15.4. The minimum Gasteiger partial charge on any atom is -0.496 e. The zero-order chi connectivity index (χ0) is 14.6. The molecule has 1 aromatic rings. The van der Waals surface area contributed by atoms with Gasteiger partial charge in [0.1, 0.15) is 5.75 Å². The lowest BCUT2D eigenvalue weighted by molar-refractivity contribution is 0.0939. The van der Waals surface area contributed by atoms with Gasteiger partial charge >= 0.3 is 0 Å². The van der Waals surface area contributed by atoms with Crippen LogP contribution in [0.4, 0.5) is 0 Å². The average Bonchev–Trinajstić information content (AvgIpc) is 2.35. The molecule has 19 heavy (non-hydrogen) atoms. The maximum absolute atomic E-state index is 12.2. The van der Waals surface area contributed by atoms with E-state index >= 15 is 0 Å². The Kier molecular flexibility index (Phi) is 5.30. The van der Waals surface area contributed by atoms with Crippen LogP contribution in [0.2, 0.25) is 0 Å². The first-order valence-electron chi connectivity index (χ1n) is 6.11. The maximum atomic E-state index is 12.2. The van der Waals surface area contributed by atoms with Crippen molar-refractivity contribution in [1.82, 2.24) is 5.32 Å². The number of hydrogen-bond donors (Lipinski definition) is 2. The van der Waals surface area contributed by atoms with Gasteiger partial charge in [0, 0.05) is 5.56 Å². The molecule has 4 nitrogen and oxygen atoms in total. The molecule has 3 N–H and O–H groups in total. The molecule has 1 atom stereocenters. The monoisotopic (exact) mass is 280 g/mol. The second kappa shape index (κ2) is 6.52. The zero-order valence-electron chi connectivity index (χ0n) is 11.7. The molecule has 0 aliphatic carbocycles. The van der Waals surface area contributed by atoms with Gasteiger partial charge in [0.15, 0.2) is 0 Å². The summed E-state index contributed by atoms with van der Waals surface area (Å²) in [4.78, 5) is 12.5. The van der Waals surface area contributed by atoms with Crippen molar-refractivity contribution in [3.63, 3.8) is 0 Å². The SMILES string of the molecule is COc1cc(C(=O)NC(C(N)=S)C(C)C)ccc1C. The quantitative estimate of drug-likeness (QED) is 0.810. The number of carbonyl (C=O) groups is 1. The molecule has 1 unspecified atom stereocenters. The lowest BCUT2D eigenvalue weighted by Gasteiger charge is -2.21. The van der Waals surface area contributed by atoms with Gasteiger partial charge in [-0.1, -0.05) is 32.1 Å². The highest BCUT2D eigenvalue weighted by Crippen LogP contribution is 2.19. The molecule has 0 saturated carbocycles. The number of hydrogen-bond acceptors (Lipinski definition) is 3. The van der Waals surface area contributed by atoms with Crippen LogP contribution in [0.25, 0.3) is 0 Å². The molecule has 0 saturated heterocycles. The second-order valence-corrected chi connectivity index (χ2v) is 5.25. The van der Waals surface area contributed by atoms with E-state index in [0.717, 1.165) is 5.56 Å². The number of nitrogens with two attached hydrogens (primary N) is 1. The summed E-state index contributed by atoms with van der Waals surface area (Å²) >= 11 is 4.97. The number of aryl methyl sites for hydroxylation is 1. The smallest absolute Gasteiger partial charge is 0.251 e. The summed E-state index contributed by atoms with van der Waals surface area (Å²) in [6.07, 6.45) is 0. The van der Waals surface area contributed by atoms with Gasteiger partial charge in [-0.2, -0.15) is 0 Å². The molecule has 104 valence electrons. The van der Waals surface area contributed by atoms with Crippen LogP contribution in [-0.2, 0) is 0 Å². The van der Waals surface area contributed by atoms with Crippen molar-refractivity contribution in [3.8, 4) is 5.75 Å². The third-order valence-corrected chi connectivity index (χ3v) is 3.18. The molecule has 1 rings (SSSR count). The normalized spacial score (nSPS) is 12.1. The highest BCUT2D eigenvalue weighted by Gasteiger charge is 2.20. The van der Waals surface area contributed by atoms with E-state index in [1.165, 1.54) is 0 Å². The van der Waals surface area contributed by atoms with Gasteiger partial charge in [-0.05, 0) is 30.5 Å². The first-order valence-corrected chi connectivity index (χ1v) is 6.52. The molecule has 1 aromatic carbocycles. The van der Waals surface area contributed by atoms with Gasteiger partial charge < -0.3 is 15.8 Å². The van der Waals surface area contributed by atoms with Crippen LogP contribution >= 0.6 is 12.2 Å². The van der Waals surface area contributed by atoms with Crippen LogP contribution in [0.1, 0.15) is 29.8 Å². The Hall–Kier alpha value is -1.62. The molecule has 0 aliphatic rings. The van der Waals surface area contributed by atoms with Crippen molar-refractivity contribution < 1.29 is 9.53 Å². The summed E-state index contributed by atoms with van der Waals surface area (Å²) in [6, 6.07) is 5.00. The summed E-state index contributed by atoms with van der Waals surface area (Å²) in [5.41, 5.74) is 7.15. The Morgan fingerprint density at radius 1 is 1.42 bits per heavy atom. The number of ether oxygens (including phenoxy) is 1. The lowest BCUT2D eigenvalue weighted by atomic mass is 10.0. The van der Waals surface area contributed by atoms with Crippen molar-refractivity contribution in [2.45, 2.75) is 26.8 Å². The number of amides is 1. The van der Waals surface area contributed by atoms with E-state index < -0.39 is 0 Å². The van der Waals surface area contributed by atoms with Gasteiger partial charge in [-0.3, -0.25) is 4.79 Å². The Morgan fingerprint density at radius 3 is 2.53 bits per heavy atom. The number of rotatable bonds is 5. The van der Waals surface area contributed by atoms with Crippen LogP contribution in [0, 0.1) is 12.8 Å². The highest BCUT2D eigenvalue weighted by atomic mass is 32.1. The fourth-order valence-electron chi connectivity index (χ4n) is 1.75. The fourth-order valence-corrected chi connectivity index (χ4v) is 2.08. The lowest BCUT2D eigenvalue weighted by Crippen LogP contribution is -2.46. The molecule has 0 aromatic heterocycles. The molecule has 0 heterocycles. The van der Waals surface area contributed by atoms with Crippen LogP contribution in [0.15, 0.2) is 18.2 Å². The number of benzene rings is 1. The topological polar surface area (TPSA) is 64.3 Å². The van der Waals surface area contributed by atoms with Gasteiger partial charge in [-0.15, -0.1) is 0 Å². The number of thiocarbonyl (C=S) groups is 1. The molecule has 0 aliphatic heterocycles. The van der Waals surface area contributed by atoms with Crippen molar-refractivity contribution in [3.05, 3.63) is 29.3 Å². The molecule has 5 heteroatoms. The zero-order valence-corrected chi connectivity index (χ0v) is 12.5. The Bertz CT molecular complexity index is 486. The van der Waals surface area contributed by atoms with E-state index in [4.69, 9.17) is 22.7 Å². The second-order valence-electron chi connectivity index (χ2n) is 4.78. The van der Waals surface area contributed by atoms with Crippen molar-refractivity contribution in [1.29, 1.82) is 0 Å². The van der Waals surface area contributed by atoms with Gasteiger partial charge in [0.25, 0.3) is 5.91 Å². The maximum Gasteiger partial charge on any atom is 0.251 e. The van der Waals surface area contributed by atoms with Crippen molar-refractivity contribution in [2.75, 3.05) is 7.11 Å². The molecular formula is C14H20N2O2S. The van der Waals surface area contributed by atoms with Gasteiger partial charge in [0.2, 0.25) is 0 Å². The van der Waals surface area contributed by atoms with Crippen molar-refractivity contribution in [2.24, 2.45) is 11.7 Å². The van der Waals surface area contributed by atoms with Crippen LogP contribution in [0.3, 0.4) is 0 Å². The summed E-state index contributed by atoms with van der Waals surface area (Å²) < 4.78 is 5.21. The molecule has 0 fully saturated rings. The van der Waals surface area contributed by atoms with Crippen molar-refractivity contribution >= 4 is 23.1 Å². The standard InChI is InChI=1S/C14H20N2O2S/c1-8(2)12(13(15)19)16-14(17)10-6-5-9(3)11(7-10)18-4/h5-8,12H,1-4H3,(H2,15,19)(H,16,17). The molecule has 1 amide bonds. The van der Waals surface area contributed by atoms with E-state index in [1.54, 1.807) is 19.2 Å². The highest BCUT2D eigenvalue weighted by molar-refractivity contribution is 7.80. The van der Waals surface area contributed by atoms with E-state index in [-0.39, 0.29) is 17.9 Å². The molecule has 0 radical (unpaired) electrons. The van der Waals surface area contributed by atoms with Gasteiger partial charge in [-0.25, -0.2) is 0 Å². The summed E-state index contributed by atoms with van der Waals surface area (Å²) in [5, 5.41) is 2.84. The predicted octanol–water partition coefficient (Wildman–Crippen LogP) is 2.04. The third-order valence-electron chi connectivity index (χ3n) is 2.93. The van der Waals surface area contributed by atoms with Gasteiger partial charge in [0.05, 0.1) is 18.1 Å². The average molecular weight is 280 g/mol. The van der Waals surface area contributed by atoms with E-state index in [2.05, 4.69) is 5.32 Å². The fraction of sp³-hybridized carbons (Fsp3) is 0.429. The number of nitrogens with one attached hydrogen (secondary N) is 1. The van der Waals surface area contributed by atoms with E-state index in [1.807, 2.05) is 26.8 Å². The molecule has 0 spiro atoms. The largest absolute Gasteiger partial charge is 0.496 e. The minimum atomic E-state index is -0.310. The predicted molar refractivity (Wildman–Crippen MR) is 80.6 cm³/mol. The number of methoxy groups -OCH3 is 1. The first-order chi connectivity index (χ1) is 8.86. The molecule has 0 bridgehead atoms. The minimum absolute atomic E-state index is 0.147. The summed E-state index contributed by atoms with van der Waals surface area (Å²) in [7, 11) is 1.58. The Balaban J connectivity index is 2.91. The van der Waals surface area contributed by atoms with Crippen LogP contribution < -0.4 is 15.8 Å². The Labute approximate surface area is 119 Å². The van der Waals surface area contributed by atoms with Crippen LogP contribution in [0.5, 0.6) is 5.75 Å². The van der Waals surface area contributed by atoms with E-state index in [9.17, 15) is 4.79 Å².